The first-order valence-electron chi connectivity index (χ1n) is 8.09. The molecule has 0 aliphatic carbocycles. The van der Waals surface area contributed by atoms with Crippen LogP contribution in [0.5, 0.6) is 0 Å². The van der Waals surface area contributed by atoms with Crippen molar-refractivity contribution in [2.75, 3.05) is 25.0 Å². The Balaban J connectivity index is 1.54. The lowest BCUT2D eigenvalue weighted by Gasteiger charge is -2.35. The number of carbonyl (C=O) groups excluding carboxylic acids is 3. The molecule has 10 heteroatoms. The third kappa shape index (κ3) is 3.73. The van der Waals surface area contributed by atoms with Crippen LogP contribution in [0.3, 0.4) is 0 Å². The van der Waals surface area contributed by atoms with Crippen LogP contribution in [0.2, 0.25) is 0 Å². The fourth-order valence-corrected chi connectivity index (χ4v) is 3.08. The molecule has 2 aliphatic heterocycles. The molecule has 2 N–H and O–H groups in total. The number of likely N-dealkylation sites (tertiary alicyclic amines) is 1. The summed E-state index contributed by atoms with van der Waals surface area (Å²) in [6.07, 6.45) is -3.51. The van der Waals surface area contributed by atoms with E-state index in [1.807, 2.05) is 0 Å². The molecule has 0 spiro atoms. The summed E-state index contributed by atoms with van der Waals surface area (Å²) in [4.78, 5) is 38.3. The number of hydrogen-bond donors (Lipinski definition) is 2. The lowest BCUT2D eigenvalue weighted by molar-refractivity contribution is -0.137. The molecule has 26 heavy (non-hydrogen) atoms. The van der Waals surface area contributed by atoms with Crippen molar-refractivity contribution in [3.05, 3.63) is 29.8 Å². The summed E-state index contributed by atoms with van der Waals surface area (Å²) >= 11 is 0. The zero-order chi connectivity index (χ0) is 18.9. The van der Waals surface area contributed by atoms with Crippen molar-refractivity contribution < 1.29 is 27.6 Å². The van der Waals surface area contributed by atoms with E-state index in [0.717, 1.165) is 12.1 Å². The van der Waals surface area contributed by atoms with E-state index in [1.54, 1.807) is 0 Å². The SMILES string of the molecule is O=C(Nc1ccc(C(F)(F)F)cc1)N1CCC(N2C(=O)CNC2=O)CC1. The number of benzene rings is 1. The van der Waals surface area contributed by atoms with E-state index in [1.165, 1.54) is 21.9 Å². The van der Waals surface area contributed by atoms with Crippen LogP contribution >= 0.6 is 0 Å². The normalized spacial score (nSPS) is 18.9. The van der Waals surface area contributed by atoms with Crippen molar-refractivity contribution in [3.63, 3.8) is 0 Å². The number of halogens is 3. The summed E-state index contributed by atoms with van der Waals surface area (Å²) in [6.45, 7) is 0.676. The summed E-state index contributed by atoms with van der Waals surface area (Å²) in [6, 6.07) is 3.10. The van der Waals surface area contributed by atoms with Gasteiger partial charge < -0.3 is 15.5 Å². The lowest BCUT2D eigenvalue weighted by atomic mass is 10.0. The number of imide groups is 1. The minimum Gasteiger partial charge on any atom is -0.329 e. The van der Waals surface area contributed by atoms with Gasteiger partial charge in [-0.05, 0) is 37.1 Å². The van der Waals surface area contributed by atoms with E-state index in [2.05, 4.69) is 10.6 Å². The molecule has 5 amide bonds. The molecule has 2 aliphatic rings. The van der Waals surface area contributed by atoms with Gasteiger partial charge in [0.2, 0.25) is 5.91 Å². The second kappa shape index (κ2) is 6.85. The van der Waals surface area contributed by atoms with Crippen LogP contribution in [0.1, 0.15) is 18.4 Å². The summed E-state index contributed by atoms with van der Waals surface area (Å²) < 4.78 is 37.6. The van der Waals surface area contributed by atoms with Crippen molar-refractivity contribution >= 4 is 23.7 Å². The van der Waals surface area contributed by atoms with Crippen molar-refractivity contribution in [1.82, 2.24) is 15.1 Å². The summed E-state index contributed by atoms with van der Waals surface area (Å²) in [5.41, 5.74) is -0.524. The quantitative estimate of drug-likeness (QED) is 0.784. The van der Waals surface area contributed by atoms with E-state index < -0.39 is 23.8 Å². The van der Waals surface area contributed by atoms with Crippen LogP contribution in [0.15, 0.2) is 24.3 Å². The molecule has 0 unspecified atom stereocenters. The fraction of sp³-hybridized carbons (Fsp3) is 0.438. The third-order valence-corrected chi connectivity index (χ3v) is 4.46. The van der Waals surface area contributed by atoms with E-state index in [4.69, 9.17) is 0 Å². The van der Waals surface area contributed by atoms with E-state index in [0.29, 0.717) is 25.9 Å². The van der Waals surface area contributed by atoms with Gasteiger partial charge in [0.25, 0.3) is 0 Å². The number of urea groups is 2. The van der Waals surface area contributed by atoms with E-state index in [-0.39, 0.29) is 24.2 Å². The molecule has 0 atom stereocenters. The second-order valence-electron chi connectivity index (χ2n) is 6.15. The topological polar surface area (TPSA) is 81.8 Å². The van der Waals surface area contributed by atoms with Crippen LogP contribution < -0.4 is 10.6 Å². The average Bonchev–Trinajstić information content (AvgIpc) is 2.93. The maximum absolute atomic E-state index is 12.5. The van der Waals surface area contributed by atoms with Gasteiger partial charge in [0.05, 0.1) is 12.1 Å². The number of amides is 5. The Labute approximate surface area is 147 Å². The number of nitrogens with one attached hydrogen (secondary N) is 2. The van der Waals surface area contributed by atoms with Crippen LogP contribution in [-0.2, 0) is 11.0 Å². The van der Waals surface area contributed by atoms with Gasteiger partial charge in [-0.1, -0.05) is 0 Å². The number of alkyl halides is 3. The van der Waals surface area contributed by atoms with Crippen LogP contribution in [-0.4, -0.2) is 53.4 Å². The highest BCUT2D eigenvalue weighted by Crippen LogP contribution is 2.30. The number of rotatable bonds is 2. The number of hydrogen-bond acceptors (Lipinski definition) is 3. The summed E-state index contributed by atoms with van der Waals surface area (Å²) in [7, 11) is 0. The lowest BCUT2D eigenvalue weighted by Crippen LogP contribution is -2.49. The number of carbonyl (C=O) groups is 3. The highest BCUT2D eigenvalue weighted by Gasteiger charge is 2.37. The molecule has 2 heterocycles. The van der Waals surface area contributed by atoms with Gasteiger partial charge in [0.1, 0.15) is 0 Å². The Morgan fingerprint density at radius 1 is 1.12 bits per heavy atom. The number of piperidine rings is 1. The molecule has 1 aromatic carbocycles. The van der Waals surface area contributed by atoms with Gasteiger partial charge in [0, 0.05) is 24.8 Å². The van der Waals surface area contributed by atoms with Gasteiger partial charge in [-0.3, -0.25) is 9.69 Å². The van der Waals surface area contributed by atoms with Crippen molar-refractivity contribution in [2.45, 2.75) is 25.1 Å². The van der Waals surface area contributed by atoms with Crippen molar-refractivity contribution in [3.8, 4) is 0 Å². The maximum atomic E-state index is 12.5. The molecule has 0 bridgehead atoms. The standard InChI is InChI=1S/C16H17F3N4O3/c17-16(18,19)10-1-3-11(4-2-10)21-15(26)22-7-5-12(6-8-22)23-13(24)9-20-14(23)25/h1-4,12H,5-9H2,(H,20,25)(H,21,26). The van der Waals surface area contributed by atoms with Crippen LogP contribution in [0.4, 0.5) is 28.4 Å². The first-order valence-corrected chi connectivity index (χ1v) is 8.09. The fourth-order valence-electron chi connectivity index (χ4n) is 3.08. The Bertz CT molecular complexity index is 696. The van der Waals surface area contributed by atoms with Gasteiger partial charge in [-0.15, -0.1) is 0 Å². The molecule has 1 aromatic rings. The largest absolute Gasteiger partial charge is 0.416 e. The highest BCUT2D eigenvalue weighted by atomic mass is 19.4. The molecular formula is C16H17F3N4O3. The number of anilines is 1. The minimum absolute atomic E-state index is 0.00649. The Morgan fingerprint density at radius 2 is 1.73 bits per heavy atom. The second-order valence-corrected chi connectivity index (χ2v) is 6.15. The Morgan fingerprint density at radius 3 is 2.23 bits per heavy atom. The Kier molecular flexibility index (Phi) is 4.75. The molecule has 7 nitrogen and oxygen atoms in total. The summed E-state index contributed by atoms with van der Waals surface area (Å²) in [5, 5.41) is 5.01. The molecule has 2 fully saturated rings. The van der Waals surface area contributed by atoms with Crippen LogP contribution in [0, 0.1) is 0 Å². The van der Waals surface area contributed by atoms with Crippen molar-refractivity contribution in [2.24, 2.45) is 0 Å². The molecule has 140 valence electrons. The zero-order valence-electron chi connectivity index (χ0n) is 13.7. The summed E-state index contributed by atoms with van der Waals surface area (Å²) in [5.74, 6) is -0.275. The Hall–Kier alpha value is -2.78. The highest BCUT2D eigenvalue weighted by molar-refractivity contribution is 6.02. The molecule has 0 aromatic heterocycles. The first kappa shape index (κ1) is 18.0. The van der Waals surface area contributed by atoms with Gasteiger partial charge in [-0.2, -0.15) is 13.2 Å². The monoisotopic (exact) mass is 370 g/mol. The predicted octanol–water partition coefficient (Wildman–Crippen LogP) is 2.25. The smallest absolute Gasteiger partial charge is 0.329 e. The van der Waals surface area contributed by atoms with E-state index >= 15 is 0 Å². The molecule has 3 rings (SSSR count). The maximum Gasteiger partial charge on any atom is 0.416 e. The van der Waals surface area contributed by atoms with Gasteiger partial charge in [-0.25, -0.2) is 9.59 Å². The van der Waals surface area contributed by atoms with Gasteiger partial charge in [0.15, 0.2) is 0 Å². The van der Waals surface area contributed by atoms with E-state index in [9.17, 15) is 27.6 Å². The van der Waals surface area contributed by atoms with Crippen LogP contribution in [0.25, 0.3) is 0 Å². The predicted molar refractivity (Wildman–Crippen MR) is 85.3 cm³/mol. The molecular weight excluding hydrogens is 353 g/mol. The third-order valence-electron chi connectivity index (χ3n) is 4.46. The number of nitrogens with zero attached hydrogens (tertiary/aromatic N) is 2. The molecule has 0 saturated carbocycles. The van der Waals surface area contributed by atoms with Gasteiger partial charge >= 0.3 is 18.2 Å². The minimum atomic E-state index is -4.43. The van der Waals surface area contributed by atoms with Crippen molar-refractivity contribution in [1.29, 1.82) is 0 Å². The molecule has 2 saturated heterocycles. The average molecular weight is 370 g/mol. The molecule has 0 radical (unpaired) electrons. The zero-order valence-corrected chi connectivity index (χ0v) is 13.7. The first-order chi connectivity index (χ1) is 12.3.